The first-order valence-electron chi connectivity index (χ1n) is 11.5. The fourth-order valence-electron chi connectivity index (χ4n) is 3.73. The second kappa shape index (κ2) is 8.95. The van der Waals surface area contributed by atoms with Gasteiger partial charge in [-0.25, -0.2) is 0 Å². The maximum Gasteiger partial charge on any atom is 0.192 e. The summed E-state index contributed by atoms with van der Waals surface area (Å²) in [5.41, 5.74) is 0. The van der Waals surface area contributed by atoms with Gasteiger partial charge in [0.1, 0.15) is 0 Å². The lowest BCUT2D eigenvalue weighted by molar-refractivity contribution is -0.0198. The molecule has 0 amide bonds. The molecule has 0 fully saturated rings. The molecule has 0 saturated heterocycles. The molecule has 0 aromatic rings. The van der Waals surface area contributed by atoms with Gasteiger partial charge >= 0.3 is 0 Å². The highest BCUT2D eigenvalue weighted by atomic mass is 28.4. The van der Waals surface area contributed by atoms with Crippen molar-refractivity contribution in [3.8, 4) is 0 Å². The van der Waals surface area contributed by atoms with Gasteiger partial charge in [-0.3, -0.25) is 0 Å². The highest BCUT2D eigenvalue weighted by Gasteiger charge is 2.49. The molecule has 0 saturated carbocycles. The Hall–Kier alpha value is -0.246. The van der Waals surface area contributed by atoms with E-state index in [1.807, 2.05) is 12.2 Å². The third-order valence-electron chi connectivity index (χ3n) is 7.83. The van der Waals surface area contributed by atoms with Crippen molar-refractivity contribution in [2.75, 3.05) is 0 Å². The maximum absolute atomic E-state index is 10.2. The van der Waals surface area contributed by atoms with E-state index in [0.29, 0.717) is 12.8 Å². The maximum atomic E-state index is 10.2. The minimum absolute atomic E-state index is 0.0821. The van der Waals surface area contributed by atoms with E-state index in [-0.39, 0.29) is 34.1 Å². The van der Waals surface area contributed by atoms with Crippen LogP contribution in [0.4, 0.5) is 0 Å². The van der Waals surface area contributed by atoms with Crippen molar-refractivity contribution in [2.24, 2.45) is 11.8 Å². The van der Waals surface area contributed by atoms with E-state index in [1.165, 1.54) is 0 Å². The minimum atomic E-state index is -2.08. The predicted molar refractivity (Wildman–Crippen MR) is 131 cm³/mol. The highest BCUT2D eigenvalue weighted by molar-refractivity contribution is 6.74. The fraction of sp³-hybridized carbons (Fsp3) is 0.833. The molecule has 0 spiro atoms. The van der Waals surface area contributed by atoms with Gasteiger partial charge in [0, 0.05) is 11.8 Å². The Bertz CT molecular complexity index is 587. The third-order valence-corrected chi connectivity index (χ3v) is 16.8. The molecule has 0 heterocycles. The lowest BCUT2D eigenvalue weighted by Crippen LogP contribution is -2.55. The van der Waals surface area contributed by atoms with Gasteiger partial charge in [-0.05, 0) is 49.1 Å². The molecule has 0 aromatic carbocycles. The lowest BCUT2D eigenvalue weighted by atomic mass is 9.88. The van der Waals surface area contributed by atoms with Crippen LogP contribution < -0.4 is 0 Å². The van der Waals surface area contributed by atoms with Crippen LogP contribution in [-0.4, -0.2) is 51.3 Å². The molecule has 30 heavy (non-hydrogen) atoms. The average molecular weight is 455 g/mol. The van der Waals surface area contributed by atoms with E-state index < -0.39 is 28.8 Å². The van der Waals surface area contributed by atoms with Crippen molar-refractivity contribution in [3.63, 3.8) is 0 Å². The molecule has 4 nitrogen and oxygen atoms in total. The van der Waals surface area contributed by atoms with Gasteiger partial charge in [0.05, 0.1) is 24.4 Å². The van der Waals surface area contributed by atoms with Gasteiger partial charge in [0.15, 0.2) is 16.6 Å². The van der Waals surface area contributed by atoms with Crippen LogP contribution in [-0.2, 0) is 8.85 Å². The summed E-state index contributed by atoms with van der Waals surface area (Å²) in [6, 6.07) is 0. The van der Waals surface area contributed by atoms with Crippen molar-refractivity contribution in [1.29, 1.82) is 0 Å². The SMILES string of the molecule is CC(C)(C)[Si](C)(C)O[C@H]([C@@H](O[Si](C)(C)C(C)(C)C)[C@@H]1C=C[C@H](O)C1)[C@@H]1C=C[C@H](O)C1. The van der Waals surface area contributed by atoms with Crippen LogP contribution in [0.5, 0.6) is 0 Å². The first kappa shape index (κ1) is 26.0. The highest BCUT2D eigenvalue weighted by Crippen LogP contribution is 2.45. The van der Waals surface area contributed by atoms with Crippen molar-refractivity contribution in [1.82, 2.24) is 0 Å². The van der Waals surface area contributed by atoms with Crippen molar-refractivity contribution < 1.29 is 19.1 Å². The summed E-state index contributed by atoms with van der Waals surface area (Å²) in [6.45, 7) is 22.7. The third kappa shape index (κ3) is 5.96. The summed E-state index contributed by atoms with van der Waals surface area (Å²) < 4.78 is 14.1. The lowest BCUT2D eigenvalue weighted by Gasteiger charge is -2.48. The Labute approximate surface area is 187 Å². The number of hydrogen-bond acceptors (Lipinski definition) is 4. The molecule has 2 rings (SSSR count). The largest absolute Gasteiger partial charge is 0.411 e. The molecule has 6 heteroatoms. The Morgan fingerprint density at radius 3 is 1.17 bits per heavy atom. The minimum Gasteiger partial charge on any atom is -0.411 e. The number of rotatable bonds is 7. The van der Waals surface area contributed by atoms with E-state index >= 15 is 0 Å². The topological polar surface area (TPSA) is 58.9 Å². The summed E-state index contributed by atoms with van der Waals surface area (Å²) in [5.74, 6) is 0.241. The fourth-order valence-corrected chi connectivity index (χ4v) is 6.42. The number of hydrogen-bond donors (Lipinski definition) is 2. The monoisotopic (exact) mass is 454 g/mol. The quantitative estimate of drug-likeness (QED) is 0.386. The van der Waals surface area contributed by atoms with Crippen LogP contribution in [0.2, 0.25) is 36.3 Å². The zero-order chi connectivity index (χ0) is 23.1. The first-order chi connectivity index (χ1) is 13.4. The Morgan fingerprint density at radius 1 is 0.667 bits per heavy atom. The smallest absolute Gasteiger partial charge is 0.192 e. The van der Waals surface area contributed by atoms with Gasteiger partial charge in [0.25, 0.3) is 0 Å². The van der Waals surface area contributed by atoms with Crippen molar-refractivity contribution in [2.45, 2.75) is 115 Å². The van der Waals surface area contributed by atoms with Crippen LogP contribution in [0.3, 0.4) is 0 Å². The van der Waals surface area contributed by atoms with Gasteiger partial charge in [-0.2, -0.15) is 0 Å². The summed E-state index contributed by atoms with van der Waals surface area (Å²) in [6.07, 6.45) is 8.30. The van der Waals surface area contributed by atoms with Crippen LogP contribution >= 0.6 is 0 Å². The average Bonchev–Trinajstić information content (AvgIpc) is 3.17. The van der Waals surface area contributed by atoms with Crippen LogP contribution in [0, 0.1) is 11.8 Å². The van der Waals surface area contributed by atoms with Gasteiger partial charge in [0.2, 0.25) is 0 Å². The number of aliphatic hydroxyl groups excluding tert-OH is 2. The van der Waals surface area contributed by atoms with E-state index in [4.69, 9.17) is 8.85 Å². The van der Waals surface area contributed by atoms with E-state index in [1.54, 1.807) is 0 Å². The molecular formula is C24H46O4Si2. The molecule has 0 radical (unpaired) electrons. The molecular weight excluding hydrogens is 408 g/mol. The molecule has 0 aromatic heterocycles. The second-order valence-electron chi connectivity index (χ2n) is 12.4. The molecule has 0 aliphatic heterocycles. The summed E-state index contributed by atoms with van der Waals surface area (Å²) in [5, 5.41) is 20.6. The molecule has 0 bridgehead atoms. The number of aliphatic hydroxyl groups is 2. The molecule has 2 aliphatic rings. The van der Waals surface area contributed by atoms with Crippen molar-refractivity contribution >= 4 is 16.6 Å². The summed E-state index contributed by atoms with van der Waals surface area (Å²) in [7, 11) is -4.15. The zero-order valence-electron chi connectivity index (χ0n) is 20.9. The van der Waals surface area contributed by atoms with Crippen molar-refractivity contribution in [3.05, 3.63) is 24.3 Å². The normalized spacial score (nSPS) is 30.1. The van der Waals surface area contributed by atoms with E-state index in [0.717, 1.165) is 0 Å². The predicted octanol–water partition coefficient (Wildman–Crippen LogP) is 5.64. The van der Waals surface area contributed by atoms with E-state index in [2.05, 4.69) is 79.9 Å². The molecule has 6 atom stereocenters. The second-order valence-corrected chi connectivity index (χ2v) is 21.9. The van der Waals surface area contributed by atoms with Crippen LogP contribution in [0.1, 0.15) is 54.4 Å². The molecule has 174 valence electrons. The standard InChI is InChI=1S/C24H46O4Si2/c1-23(2,3)29(7,8)27-21(17-11-13-19(25)15-17)22(18-12-14-20(26)16-18)28-30(9,10)24(4,5)6/h11-14,17-22,25-26H,15-16H2,1-10H3/t17-,18-,19+,20+,21+,22+/m1/s1. The molecule has 2 N–H and O–H groups in total. The summed E-state index contributed by atoms with van der Waals surface area (Å²) >= 11 is 0. The van der Waals surface area contributed by atoms with Crippen LogP contribution in [0.25, 0.3) is 0 Å². The van der Waals surface area contributed by atoms with Gasteiger partial charge in [-0.15, -0.1) is 0 Å². The summed E-state index contributed by atoms with van der Waals surface area (Å²) in [4.78, 5) is 0. The van der Waals surface area contributed by atoms with Gasteiger partial charge in [-0.1, -0.05) is 65.8 Å². The Morgan fingerprint density at radius 2 is 0.967 bits per heavy atom. The Kier molecular flexibility index (Phi) is 7.76. The molecule has 2 aliphatic carbocycles. The van der Waals surface area contributed by atoms with Gasteiger partial charge < -0.3 is 19.1 Å². The zero-order valence-corrected chi connectivity index (χ0v) is 22.9. The first-order valence-corrected chi connectivity index (χ1v) is 17.3. The van der Waals surface area contributed by atoms with Crippen LogP contribution in [0.15, 0.2) is 24.3 Å². The Balaban J connectivity index is 2.46. The molecule has 0 unspecified atom stereocenters. The van der Waals surface area contributed by atoms with E-state index in [9.17, 15) is 10.2 Å².